The molecule has 0 aliphatic rings. The number of benzene rings is 2. The van der Waals surface area contributed by atoms with Crippen molar-refractivity contribution in [3.05, 3.63) is 77.4 Å². The molecule has 2 heteroatoms. The van der Waals surface area contributed by atoms with Gasteiger partial charge in [-0.15, -0.1) is 0 Å². The van der Waals surface area contributed by atoms with E-state index in [1.54, 1.807) is 6.20 Å². The normalized spacial score (nSPS) is 10.5. The minimum absolute atomic E-state index is 0.688. The number of hydrogen-bond acceptors (Lipinski definition) is 1. The van der Waals surface area contributed by atoms with Gasteiger partial charge in [-0.1, -0.05) is 72.3 Å². The first-order valence-corrected chi connectivity index (χ1v) is 6.91. The van der Waals surface area contributed by atoms with Crippen molar-refractivity contribution in [2.24, 2.45) is 0 Å². The molecule has 0 amide bonds. The minimum atomic E-state index is 0.688. The third-order valence-electron chi connectivity index (χ3n) is 3.39. The maximum absolute atomic E-state index is 6.36. The highest BCUT2D eigenvalue weighted by Crippen LogP contribution is 2.35. The summed E-state index contributed by atoms with van der Waals surface area (Å²) in [5.74, 6) is 0. The fraction of sp³-hybridized carbons (Fsp3) is 0.0556. The van der Waals surface area contributed by atoms with E-state index in [0.29, 0.717) is 5.02 Å². The average molecular weight is 280 g/mol. The lowest BCUT2D eigenvalue weighted by atomic mass is 9.97. The second-order valence-electron chi connectivity index (χ2n) is 4.69. The molecule has 0 fully saturated rings. The van der Waals surface area contributed by atoms with Crippen LogP contribution in [0.2, 0.25) is 5.02 Å². The van der Waals surface area contributed by atoms with Crippen LogP contribution < -0.4 is 0 Å². The molecule has 3 rings (SSSR count). The molecule has 1 nitrogen and oxygen atoms in total. The summed E-state index contributed by atoms with van der Waals surface area (Å²) in [6.45, 7) is 2.07. The lowest BCUT2D eigenvalue weighted by Crippen LogP contribution is -1.93. The van der Waals surface area contributed by atoms with Gasteiger partial charge in [-0.25, -0.2) is 0 Å². The van der Waals surface area contributed by atoms with Crippen LogP contribution in [0.3, 0.4) is 0 Å². The number of pyridine rings is 1. The van der Waals surface area contributed by atoms with Crippen LogP contribution in [0, 0.1) is 6.92 Å². The standard InChI is InChI=1S/C18H14ClN/c1-13-17(14-8-4-2-5-9-14)16(19)12-20-18(13)15-10-6-3-7-11-15/h2-12H,1H3. The van der Waals surface area contributed by atoms with Gasteiger partial charge in [-0.05, 0) is 18.1 Å². The van der Waals surface area contributed by atoms with Crippen LogP contribution in [-0.2, 0) is 0 Å². The van der Waals surface area contributed by atoms with Crippen molar-refractivity contribution in [1.29, 1.82) is 0 Å². The predicted molar refractivity (Wildman–Crippen MR) is 84.9 cm³/mol. The van der Waals surface area contributed by atoms with Gasteiger partial charge in [0.25, 0.3) is 0 Å². The molecular formula is C18H14ClN. The van der Waals surface area contributed by atoms with Crippen molar-refractivity contribution in [2.45, 2.75) is 6.92 Å². The van der Waals surface area contributed by atoms with Crippen LogP contribution in [0.25, 0.3) is 22.4 Å². The molecule has 98 valence electrons. The van der Waals surface area contributed by atoms with Crippen molar-refractivity contribution in [3.8, 4) is 22.4 Å². The first-order chi connectivity index (χ1) is 9.77. The van der Waals surface area contributed by atoms with Crippen molar-refractivity contribution in [1.82, 2.24) is 4.98 Å². The summed E-state index contributed by atoms with van der Waals surface area (Å²) in [5, 5.41) is 0.688. The maximum atomic E-state index is 6.36. The first kappa shape index (κ1) is 12.9. The molecule has 1 aromatic heterocycles. The fourth-order valence-corrected chi connectivity index (χ4v) is 2.73. The highest BCUT2D eigenvalue weighted by molar-refractivity contribution is 6.33. The fourth-order valence-electron chi connectivity index (χ4n) is 2.43. The number of aromatic nitrogens is 1. The third-order valence-corrected chi connectivity index (χ3v) is 3.67. The molecule has 0 aliphatic carbocycles. The Labute approximate surface area is 123 Å². The summed E-state index contributed by atoms with van der Waals surface area (Å²) >= 11 is 6.36. The molecule has 0 saturated carbocycles. The van der Waals surface area contributed by atoms with Gasteiger partial charge in [-0.3, -0.25) is 4.98 Å². The highest BCUT2D eigenvalue weighted by atomic mass is 35.5. The summed E-state index contributed by atoms with van der Waals surface area (Å²) in [7, 11) is 0. The molecular weight excluding hydrogens is 266 g/mol. The molecule has 0 bridgehead atoms. The van der Waals surface area contributed by atoms with Crippen LogP contribution >= 0.6 is 11.6 Å². The topological polar surface area (TPSA) is 12.9 Å². The molecule has 3 aromatic rings. The van der Waals surface area contributed by atoms with Gasteiger partial charge < -0.3 is 0 Å². The smallest absolute Gasteiger partial charge is 0.0738 e. The quantitative estimate of drug-likeness (QED) is 0.614. The molecule has 0 saturated heterocycles. The molecule has 0 N–H and O–H groups in total. The van der Waals surface area contributed by atoms with Gasteiger partial charge in [0.1, 0.15) is 0 Å². The molecule has 0 radical (unpaired) electrons. The molecule has 0 atom stereocenters. The van der Waals surface area contributed by atoms with Gasteiger partial charge in [0.15, 0.2) is 0 Å². The van der Waals surface area contributed by atoms with E-state index in [1.807, 2.05) is 36.4 Å². The molecule has 0 aliphatic heterocycles. The summed E-state index contributed by atoms with van der Waals surface area (Å²) in [6.07, 6.45) is 1.74. The molecule has 0 unspecified atom stereocenters. The lowest BCUT2D eigenvalue weighted by molar-refractivity contribution is 1.27. The zero-order valence-corrected chi connectivity index (χ0v) is 11.9. The monoisotopic (exact) mass is 279 g/mol. The Kier molecular flexibility index (Phi) is 3.53. The van der Waals surface area contributed by atoms with Crippen LogP contribution in [-0.4, -0.2) is 4.98 Å². The number of halogens is 1. The number of rotatable bonds is 2. The SMILES string of the molecule is Cc1c(-c2ccccc2)ncc(Cl)c1-c1ccccc1. The van der Waals surface area contributed by atoms with Crippen molar-refractivity contribution in [2.75, 3.05) is 0 Å². The van der Waals surface area contributed by atoms with Gasteiger partial charge in [0, 0.05) is 17.3 Å². The highest BCUT2D eigenvalue weighted by Gasteiger charge is 2.12. The Morgan fingerprint density at radius 2 is 1.35 bits per heavy atom. The summed E-state index contributed by atoms with van der Waals surface area (Å²) in [4.78, 5) is 4.50. The largest absolute Gasteiger partial charge is 0.254 e. The van der Waals surface area contributed by atoms with E-state index in [9.17, 15) is 0 Å². The van der Waals surface area contributed by atoms with Crippen LogP contribution in [0.4, 0.5) is 0 Å². The Bertz CT molecular complexity index is 721. The molecule has 2 aromatic carbocycles. The van der Waals surface area contributed by atoms with Gasteiger partial charge >= 0.3 is 0 Å². The zero-order chi connectivity index (χ0) is 13.9. The van der Waals surface area contributed by atoms with E-state index in [-0.39, 0.29) is 0 Å². The second kappa shape index (κ2) is 5.48. The minimum Gasteiger partial charge on any atom is -0.254 e. The molecule has 0 spiro atoms. The van der Waals surface area contributed by atoms with E-state index < -0.39 is 0 Å². The number of hydrogen-bond donors (Lipinski definition) is 0. The van der Waals surface area contributed by atoms with E-state index in [1.165, 1.54) is 0 Å². The summed E-state index contributed by atoms with van der Waals surface area (Å²) < 4.78 is 0. The Hall–Kier alpha value is -2.12. The van der Waals surface area contributed by atoms with Crippen molar-refractivity contribution < 1.29 is 0 Å². The van der Waals surface area contributed by atoms with E-state index in [0.717, 1.165) is 27.9 Å². The average Bonchev–Trinajstić information content (AvgIpc) is 2.49. The summed E-state index contributed by atoms with van der Waals surface area (Å²) in [5.41, 5.74) is 5.37. The van der Waals surface area contributed by atoms with Crippen LogP contribution in [0.5, 0.6) is 0 Å². The maximum Gasteiger partial charge on any atom is 0.0738 e. The van der Waals surface area contributed by atoms with Crippen molar-refractivity contribution >= 4 is 11.6 Å². The third kappa shape index (κ3) is 2.33. The van der Waals surface area contributed by atoms with Crippen LogP contribution in [0.15, 0.2) is 66.9 Å². The molecule has 20 heavy (non-hydrogen) atoms. The Balaban J connectivity index is 2.22. The summed E-state index contributed by atoms with van der Waals surface area (Å²) in [6, 6.07) is 20.4. The molecule has 1 heterocycles. The van der Waals surface area contributed by atoms with E-state index in [2.05, 4.69) is 36.2 Å². The van der Waals surface area contributed by atoms with E-state index in [4.69, 9.17) is 11.6 Å². The predicted octanol–water partition coefficient (Wildman–Crippen LogP) is 5.38. The van der Waals surface area contributed by atoms with Gasteiger partial charge in [0.05, 0.1) is 10.7 Å². The van der Waals surface area contributed by atoms with E-state index >= 15 is 0 Å². The second-order valence-corrected chi connectivity index (χ2v) is 5.09. The zero-order valence-electron chi connectivity index (χ0n) is 11.2. The Morgan fingerprint density at radius 3 is 1.95 bits per heavy atom. The van der Waals surface area contributed by atoms with Crippen LogP contribution in [0.1, 0.15) is 5.56 Å². The lowest BCUT2D eigenvalue weighted by Gasteiger charge is -2.13. The van der Waals surface area contributed by atoms with Gasteiger partial charge in [-0.2, -0.15) is 0 Å². The Morgan fingerprint density at radius 1 is 0.800 bits per heavy atom. The van der Waals surface area contributed by atoms with Crippen molar-refractivity contribution in [3.63, 3.8) is 0 Å². The first-order valence-electron chi connectivity index (χ1n) is 6.53. The number of nitrogens with zero attached hydrogens (tertiary/aromatic N) is 1. The van der Waals surface area contributed by atoms with Gasteiger partial charge in [0.2, 0.25) is 0 Å².